The average molecular weight is 370 g/mol. The second-order valence-electron chi connectivity index (χ2n) is 3.62. The van der Waals surface area contributed by atoms with Gasteiger partial charge >= 0.3 is 6.18 Å². The minimum atomic E-state index is -4.49. The van der Waals surface area contributed by atoms with E-state index in [0.717, 1.165) is 23.5 Å². The van der Waals surface area contributed by atoms with E-state index in [-0.39, 0.29) is 15.5 Å². The molecular formula is C12H5BrClF3OS. The number of halogens is 5. The highest BCUT2D eigenvalue weighted by Gasteiger charge is 2.32. The molecule has 0 atom stereocenters. The summed E-state index contributed by atoms with van der Waals surface area (Å²) in [7, 11) is 0. The first kappa shape index (κ1) is 14.6. The van der Waals surface area contributed by atoms with Gasteiger partial charge < -0.3 is 0 Å². The number of thiophene rings is 1. The van der Waals surface area contributed by atoms with Gasteiger partial charge in [0.1, 0.15) is 0 Å². The number of hydrogen-bond acceptors (Lipinski definition) is 2. The summed E-state index contributed by atoms with van der Waals surface area (Å²) in [6.45, 7) is 0. The molecule has 1 aromatic carbocycles. The first-order chi connectivity index (χ1) is 8.80. The summed E-state index contributed by atoms with van der Waals surface area (Å²) in [5.74, 6) is -0.530. The lowest BCUT2D eigenvalue weighted by Gasteiger charge is -2.09. The van der Waals surface area contributed by atoms with Gasteiger partial charge in [0.15, 0.2) is 0 Å². The topological polar surface area (TPSA) is 17.1 Å². The maximum absolute atomic E-state index is 12.6. The Balaban J connectivity index is 2.51. The second-order valence-corrected chi connectivity index (χ2v) is 5.80. The molecule has 0 saturated carbocycles. The number of hydrogen-bond donors (Lipinski definition) is 0. The van der Waals surface area contributed by atoms with Crippen molar-refractivity contribution in [2.75, 3.05) is 0 Å². The molecule has 0 saturated heterocycles. The van der Waals surface area contributed by atoms with Crippen LogP contribution in [0, 0.1) is 0 Å². The maximum atomic E-state index is 12.6. The zero-order valence-corrected chi connectivity index (χ0v) is 12.3. The standard InChI is InChI=1S/C12H5BrClF3OS/c13-8-2-1-6(12(15,16)17)5-7(8)10(18)11-9(14)3-4-19-11/h1-5H. The quantitative estimate of drug-likeness (QED) is 0.647. The number of rotatable bonds is 2. The van der Waals surface area contributed by atoms with Crippen molar-refractivity contribution in [2.45, 2.75) is 6.18 Å². The van der Waals surface area contributed by atoms with Gasteiger partial charge in [-0.25, -0.2) is 0 Å². The third kappa shape index (κ3) is 3.01. The van der Waals surface area contributed by atoms with E-state index in [1.54, 1.807) is 5.38 Å². The molecule has 0 amide bonds. The molecule has 0 N–H and O–H groups in total. The van der Waals surface area contributed by atoms with Gasteiger partial charge in [0, 0.05) is 10.0 Å². The van der Waals surface area contributed by atoms with Crippen molar-refractivity contribution < 1.29 is 18.0 Å². The van der Waals surface area contributed by atoms with E-state index in [0.29, 0.717) is 4.47 Å². The highest BCUT2D eigenvalue weighted by atomic mass is 79.9. The van der Waals surface area contributed by atoms with Crippen LogP contribution < -0.4 is 0 Å². The van der Waals surface area contributed by atoms with Gasteiger partial charge in [-0.05, 0) is 29.6 Å². The predicted molar refractivity (Wildman–Crippen MR) is 71.9 cm³/mol. The van der Waals surface area contributed by atoms with E-state index in [4.69, 9.17) is 11.6 Å². The summed E-state index contributed by atoms with van der Waals surface area (Å²) in [6.07, 6.45) is -4.49. The van der Waals surface area contributed by atoms with Gasteiger partial charge in [-0.2, -0.15) is 13.2 Å². The van der Waals surface area contributed by atoms with Crippen molar-refractivity contribution in [1.82, 2.24) is 0 Å². The van der Waals surface area contributed by atoms with E-state index >= 15 is 0 Å². The van der Waals surface area contributed by atoms with Crippen molar-refractivity contribution in [1.29, 1.82) is 0 Å². The van der Waals surface area contributed by atoms with Gasteiger partial charge in [-0.3, -0.25) is 4.79 Å². The van der Waals surface area contributed by atoms with Crippen LogP contribution in [-0.4, -0.2) is 5.78 Å². The van der Waals surface area contributed by atoms with Crippen LogP contribution in [-0.2, 0) is 6.18 Å². The first-order valence-electron chi connectivity index (χ1n) is 4.95. The fraction of sp³-hybridized carbons (Fsp3) is 0.0833. The van der Waals surface area contributed by atoms with Gasteiger partial charge in [0.25, 0.3) is 0 Å². The average Bonchev–Trinajstić information content (AvgIpc) is 2.73. The van der Waals surface area contributed by atoms with Crippen LogP contribution in [0.25, 0.3) is 0 Å². The summed E-state index contributed by atoms with van der Waals surface area (Å²) in [6, 6.07) is 4.47. The lowest BCUT2D eigenvalue weighted by atomic mass is 10.1. The molecule has 0 unspecified atom stereocenters. The van der Waals surface area contributed by atoms with E-state index in [2.05, 4.69) is 15.9 Å². The molecule has 1 nitrogen and oxygen atoms in total. The van der Waals surface area contributed by atoms with Crippen molar-refractivity contribution in [2.24, 2.45) is 0 Å². The van der Waals surface area contributed by atoms with Crippen LogP contribution in [0.15, 0.2) is 34.1 Å². The molecule has 0 fully saturated rings. The van der Waals surface area contributed by atoms with Gasteiger partial charge in [-0.1, -0.05) is 27.5 Å². The lowest BCUT2D eigenvalue weighted by Crippen LogP contribution is -2.08. The molecule has 100 valence electrons. The Bertz CT molecular complexity index is 636. The van der Waals surface area contributed by atoms with Crippen LogP contribution in [0.4, 0.5) is 13.2 Å². The van der Waals surface area contributed by atoms with Crippen molar-refractivity contribution in [3.63, 3.8) is 0 Å². The molecule has 0 aliphatic heterocycles. The highest BCUT2D eigenvalue weighted by molar-refractivity contribution is 9.10. The first-order valence-corrected chi connectivity index (χ1v) is 7.00. The Morgan fingerprint density at radius 1 is 1.26 bits per heavy atom. The zero-order chi connectivity index (χ0) is 14.2. The van der Waals surface area contributed by atoms with Crippen LogP contribution in [0.1, 0.15) is 20.8 Å². The van der Waals surface area contributed by atoms with Crippen LogP contribution in [0.3, 0.4) is 0 Å². The molecule has 1 aromatic heterocycles. The molecular weight excluding hydrogens is 365 g/mol. The Morgan fingerprint density at radius 2 is 1.95 bits per heavy atom. The molecule has 0 aliphatic carbocycles. The monoisotopic (exact) mass is 368 g/mol. The predicted octanol–water partition coefficient (Wildman–Crippen LogP) is 5.41. The largest absolute Gasteiger partial charge is 0.416 e. The molecule has 0 spiro atoms. The van der Waals surface area contributed by atoms with Gasteiger partial charge in [0.05, 0.1) is 15.5 Å². The Morgan fingerprint density at radius 3 is 2.47 bits per heavy atom. The maximum Gasteiger partial charge on any atom is 0.416 e. The number of carbonyl (C=O) groups is 1. The summed E-state index contributed by atoms with van der Waals surface area (Å²) >= 11 is 9.99. The lowest BCUT2D eigenvalue weighted by molar-refractivity contribution is -0.137. The van der Waals surface area contributed by atoms with E-state index in [9.17, 15) is 18.0 Å². The number of ketones is 1. The zero-order valence-electron chi connectivity index (χ0n) is 9.09. The Hall–Kier alpha value is -0.850. The molecule has 2 rings (SSSR count). The fourth-order valence-corrected chi connectivity index (χ4v) is 2.98. The number of benzene rings is 1. The van der Waals surface area contributed by atoms with Crippen molar-refractivity contribution in [3.05, 3.63) is 55.1 Å². The molecule has 0 bridgehead atoms. The van der Waals surface area contributed by atoms with Crippen LogP contribution >= 0.6 is 38.9 Å². The Kier molecular flexibility index (Phi) is 4.03. The molecule has 7 heteroatoms. The third-order valence-corrected chi connectivity index (χ3v) is 4.39. The molecule has 0 aliphatic rings. The van der Waals surface area contributed by atoms with Crippen LogP contribution in [0.5, 0.6) is 0 Å². The summed E-state index contributed by atoms with van der Waals surface area (Å²) in [5.41, 5.74) is -0.925. The molecule has 1 heterocycles. The normalized spacial score (nSPS) is 11.6. The molecule has 2 aromatic rings. The summed E-state index contributed by atoms with van der Waals surface area (Å²) in [5, 5.41) is 1.84. The number of alkyl halides is 3. The SMILES string of the molecule is O=C(c1cc(C(F)(F)F)ccc1Br)c1sccc1Cl. The highest BCUT2D eigenvalue weighted by Crippen LogP contribution is 2.34. The van der Waals surface area contributed by atoms with Gasteiger partial charge in [-0.15, -0.1) is 11.3 Å². The smallest absolute Gasteiger partial charge is 0.288 e. The molecule has 19 heavy (non-hydrogen) atoms. The van der Waals surface area contributed by atoms with Crippen molar-refractivity contribution in [3.8, 4) is 0 Å². The minimum absolute atomic E-state index is 0.0563. The summed E-state index contributed by atoms with van der Waals surface area (Å²) < 4.78 is 38.2. The molecule has 0 radical (unpaired) electrons. The van der Waals surface area contributed by atoms with E-state index in [1.807, 2.05) is 0 Å². The third-order valence-electron chi connectivity index (χ3n) is 2.36. The second kappa shape index (κ2) is 5.26. The number of carbonyl (C=O) groups excluding carboxylic acids is 1. The van der Waals surface area contributed by atoms with Crippen LogP contribution in [0.2, 0.25) is 5.02 Å². The summed E-state index contributed by atoms with van der Waals surface area (Å²) in [4.78, 5) is 12.4. The Labute approximate surface area is 124 Å². The van der Waals surface area contributed by atoms with Crippen molar-refractivity contribution >= 4 is 44.7 Å². The fourth-order valence-electron chi connectivity index (χ4n) is 1.45. The minimum Gasteiger partial charge on any atom is -0.288 e. The van der Waals surface area contributed by atoms with Gasteiger partial charge in [0.2, 0.25) is 5.78 Å². The van der Waals surface area contributed by atoms with E-state index < -0.39 is 17.5 Å². The van der Waals surface area contributed by atoms with E-state index in [1.165, 1.54) is 12.1 Å².